The first-order valence-corrected chi connectivity index (χ1v) is 7.22. The highest BCUT2D eigenvalue weighted by Gasteiger charge is 2.21. The highest BCUT2D eigenvalue weighted by Crippen LogP contribution is 2.20. The van der Waals surface area contributed by atoms with Crippen LogP contribution in [0.25, 0.3) is 0 Å². The fourth-order valence-corrected chi connectivity index (χ4v) is 2.36. The van der Waals surface area contributed by atoms with Crippen molar-refractivity contribution < 1.29 is 4.74 Å². The number of likely N-dealkylation sites (N-methyl/N-ethyl adjacent to an activating group) is 1. The molecule has 1 aliphatic rings. The predicted octanol–water partition coefficient (Wildman–Crippen LogP) is 2.37. The van der Waals surface area contributed by atoms with Gasteiger partial charge in [-0.05, 0) is 37.9 Å². The lowest BCUT2D eigenvalue weighted by atomic mass is 10.1. The molecular formula is C15H25N3O. The number of hydrogen-bond acceptors (Lipinski definition) is 4. The monoisotopic (exact) mass is 263 g/mol. The van der Waals surface area contributed by atoms with E-state index in [0.717, 1.165) is 38.4 Å². The normalized spacial score (nSPS) is 20.5. The van der Waals surface area contributed by atoms with E-state index >= 15 is 0 Å². The lowest BCUT2D eigenvalue weighted by molar-refractivity contribution is 0.193. The third kappa shape index (κ3) is 3.67. The molecule has 19 heavy (non-hydrogen) atoms. The Morgan fingerprint density at radius 2 is 2.37 bits per heavy atom. The van der Waals surface area contributed by atoms with Crippen LogP contribution in [0.4, 0.5) is 5.82 Å². The van der Waals surface area contributed by atoms with Crippen molar-refractivity contribution in [2.24, 2.45) is 0 Å². The van der Waals surface area contributed by atoms with Crippen LogP contribution in [0.1, 0.15) is 38.3 Å². The zero-order valence-electron chi connectivity index (χ0n) is 12.2. The van der Waals surface area contributed by atoms with Gasteiger partial charge >= 0.3 is 0 Å². The maximum atomic E-state index is 5.43. The van der Waals surface area contributed by atoms with Gasteiger partial charge in [0.2, 0.25) is 0 Å². The molecule has 1 N–H and O–H groups in total. The molecule has 0 amide bonds. The molecule has 2 atom stereocenters. The van der Waals surface area contributed by atoms with Gasteiger partial charge in [0.1, 0.15) is 5.82 Å². The average Bonchev–Trinajstić information content (AvgIpc) is 2.98. The molecule has 106 valence electrons. The highest BCUT2D eigenvalue weighted by molar-refractivity contribution is 5.40. The summed E-state index contributed by atoms with van der Waals surface area (Å²) in [5.74, 6) is 1.03. The average molecular weight is 263 g/mol. The third-order valence-electron chi connectivity index (χ3n) is 3.79. The Hall–Kier alpha value is -1.13. The Morgan fingerprint density at radius 1 is 1.53 bits per heavy atom. The molecule has 0 saturated carbocycles. The van der Waals surface area contributed by atoms with Crippen molar-refractivity contribution >= 4 is 5.82 Å². The number of nitrogens with zero attached hydrogens (tertiary/aromatic N) is 2. The molecule has 4 nitrogen and oxygen atoms in total. The van der Waals surface area contributed by atoms with Crippen LogP contribution in [-0.4, -0.2) is 37.8 Å². The van der Waals surface area contributed by atoms with Gasteiger partial charge in [0.05, 0.1) is 12.6 Å². The van der Waals surface area contributed by atoms with E-state index in [1.165, 1.54) is 5.56 Å². The number of pyridine rings is 1. The van der Waals surface area contributed by atoms with Gasteiger partial charge in [-0.1, -0.05) is 13.0 Å². The summed E-state index contributed by atoms with van der Waals surface area (Å²) >= 11 is 0. The van der Waals surface area contributed by atoms with Crippen molar-refractivity contribution in [1.29, 1.82) is 0 Å². The number of aromatic nitrogens is 1. The maximum absolute atomic E-state index is 5.43. The van der Waals surface area contributed by atoms with Gasteiger partial charge in [0.15, 0.2) is 0 Å². The van der Waals surface area contributed by atoms with E-state index in [-0.39, 0.29) is 0 Å². The quantitative estimate of drug-likeness (QED) is 0.855. The van der Waals surface area contributed by atoms with Crippen molar-refractivity contribution in [2.45, 2.75) is 38.8 Å². The summed E-state index contributed by atoms with van der Waals surface area (Å²) in [6, 6.07) is 5.11. The summed E-state index contributed by atoms with van der Waals surface area (Å²) in [5.41, 5.74) is 1.24. The first kappa shape index (κ1) is 14.3. The summed E-state index contributed by atoms with van der Waals surface area (Å²) in [6.07, 6.45) is 4.23. The van der Waals surface area contributed by atoms with Crippen molar-refractivity contribution in [3.05, 3.63) is 23.9 Å². The second kappa shape index (κ2) is 6.87. The van der Waals surface area contributed by atoms with Crippen molar-refractivity contribution in [2.75, 3.05) is 31.7 Å². The minimum absolute atomic E-state index is 0.363. The van der Waals surface area contributed by atoms with Crippen molar-refractivity contribution in [3.63, 3.8) is 0 Å². The lowest BCUT2D eigenvalue weighted by Crippen LogP contribution is -2.32. The van der Waals surface area contributed by atoms with Crippen molar-refractivity contribution in [3.8, 4) is 0 Å². The minimum atomic E-state index is 0.363. The van der Waals surface area contributed by atoms with Gasteiger partial charge in [-0.25, -0.2) is 4.98 Å². The molecule has 1 aromatic heterocycles. The maximum Gasteiger partial charge on any atom is 0.128 e. The van der Waals surface area contributed by atoms with E-state index in [0.29, 0.717) is 12.1 Å². The largest absolute Gasteiger partial charge is 0.379 e. The van der Waals surface area contributed by atoms with E-state index in [1.54, 1.807) is 0 Å². The smallest absolute Gasteiger partial charge is 0.128 e. The zero-order valence-corrected chi connectivity index (χ0v) is 12.2. The fraction of sp³-hybridized carbons (Fsp3) is 0.667. The minimum Gasteiger partial charge on any atom is -0.379 e. The van der Waals surface area contributed by atoms with Gasteiger partial charge in [-0.15, -0.1) is 0 Å². The molecule has 0 spiro atoms. The van der Waals surface area contributed by atoms with Gasteiger partial charge in [0, 0.05) is 25.9 Å². The number of ether oxygens (including phenoxy) is 1. The SMILES string of the molecule is CCCNC(C)c1ccc(N(C)C2CCOC2)nc1. The molecule has 1 fully saturated rings. The molecule has 2 rings (SSSR count). The summed E-state index contributed by atoms with van der Waals surface area (Å²) in [4.78, 5) is 6.81. The molecule has 1 aromatic rings. The molecule has 0 radical (unpaired) electrons. The molecule has 0 aliphatic carbocycles. The van der Waals surface area contributed by atoms with E-state index in [1.807, 2.05) is 6.20 Å². The molecule has 1 saturated heterocycles. The van der Waals surface area contributed by atoms with Gasteiger partial charge in [-0.3, -0.25) is 0 Å². The second-order valence-electron chi connectivity index (χ2n) is 5.25. The summed E-state index contributed by atoms with van der Waals surface area (Å²) < 4.78 is 5.43. The van der Waals surface area contributed by atoms with Crippen LogP contribution in [0.3, 0.4) is 0 Å². The summed E-state index contributed by atoms with van der Waals surface area (Å²) in [7, 11) is 2.10. The van der Waals surface area contributed by atoms with E-state index < -0.39 is 0 Å². The van der Waals surface area contributed by atoms with Crippen molar-refractivity contribution in [1.82, 2.24) is 10.3 Å². The fourth-order valence-electron chi connectivity index (χ4n) is 2.36. The summed E-state index contributed by atoms with van der Waals surface area (Å²) in [6.45, 7) is 7.09. The van der Waals surface area contributed by atoms with Crippen LogP contribution in [0.15, 0.2) is 18.3 Å². The second-order valence-corrected chi connectivity index (χ2v) is 5.25. The Labute approximate surface area is 116 Å². The van der Waals surface area contributed by atoms with Crippen LogP contribution >= 0.6 is 0 Å². The summed E-state index contributed by atoms with van der Waals surface area (Å²) in [5, 5.41) is 3.48. The van der Waals surface area contributed by atoms with Gasteiger partial charge < -0.3 is 15.0 Å². The number of hydrogen-bond donors (Lipinski definition) is 1. The Balaban J connectivity index is 1.97. The number of anilines is 1. The van der Waals surface area contributed by atoms with Crippen LogP contribution in [0, 0.1) is 0 Å². The van der Waals surface area contributed by atoms with Crippen LogP contribution < -0.4 is 10.2 Å². The Kier molecular flexibility index (Phi) is 5.16. The van der Waals surface area contributed by atoms with Crippen LogP contribution in [-0.2, 0) is 4.74 Å². The molecule has 0 bridgehead atoms. The zero-order chi connectivity index (χ0) is 13.7. The molecule has 2 unspecified atom stereocenters. The molecule has 0 aromatic carbocycles. The first-order valence-electron chi connectivity index (χ1n) is 7.22. The third-order valence-corrected chi connectivity index (χ3v) is 3.79. The van der Waals surface area contributed by atoms with E-state index in [9.17, 15) is 0 Å². The topological polar surface area (TPSA) is 37.4 Å². The van der Waals surface area contributed by atoms with E-state index in [4.69, 9.17) is 4.74 Å². The van der Waals surface area contributed by atoms with Gasteiger partial charge in [0.25, 0.3) is 0 Å². The molecule has 4 heteroatoms. The number of nitrogens with one attached hydrogen (secondary N) is 1. The van der Waals surface area contributed by atoms with Crippen LogP contribution in [0.5, 0.6) is 0 Å². The first-order chi connectivity index (χ1) is 9.22. The van der Waals surface area contributed by atoms with Crippen LogP contribution in [0.2, 0.25) is 0 Å². The Morgan fingerprint density at radius 3 is 2.95 bits per heavy atom. The number of rotatable bonds is 6. The lowest BCUT2D eigenvalue weighted by Gasteiger charge is -2.24. The standard InChI is InChI=1S/C15H25N3O/c1-4-8-16-12(2)13-5-6-15(17-10-13)18(3)14-7-9-19-11-14/h5-6,10,12,14,16H,4,7-9,11H2,1-3H3. The molecular weight excluding hydrogens is 238 g/mol. The molecule has 2 heterocycles. The predicted molar refractivity (Wildman–Crippen MR) is 78.6 cm³/mol. The van der Waals surface area contributed by atoms with Gasteiger partial charge in [-0.2, -0.15) is 0 Å². The molecule has 1 aliphatic heterocycles. The highest BCUT2D eigenvalue weighted by atomic mass is 16.5. The van der Waals surface area contributed by atoms with E-state index in [2.05, 4.69) is 48.2 Å². The Bertz CT molecular complexity index is 373.